The number of carboxylic acids is 1. The van der Waals surface area contributed by atoms with E-state index >= 15 is 0 Å². The molecule has 2 fully saturated rings. The Morgan fingerprint density at radius 1 is 1.53 bits per heavy atom. The van der Waals surface area contributed by atoms with Crippen molar-refractivity contribution in [2.75, 3.05) is 13.1 Å². The summed E-state index contributed by atoms with van der Waals surface area (Å²) < 4.78 is 27.1. The molecule has 2 rings (SSSR count). The summed E-state index contributed by atoms with van der Waals surface area (Å²) in [6, 6.07) is 0. The van der Waals surface area contributed by atoms with Crippen molar-refractivity contribution in [3.05, 3.63) is 0 Å². The Morgan fingerprint density at radius 2 is 2.20 bits per heavy atom. The Morgan fingerprint density at radius 3 is 2.73 bits per heavy atom. The maximum atomic E-state index is 13.5. The SMILES string of the molecule is CC1CNCCC2(C1)C(C(=O)O)C2(F)F. The van der Waals surface area contributed by atoms with Crippen molar-refractivity contribution in [3.8, 4) is 0 Å². The van der Waals surface area contributed by atoms with Gasteiger partial charge in [0.1, 0.15) is 5.92 Å². The molecule has 1 spiro atoms. The van der Waals surface area contributed by atoms with Crippen molar-refractivity contribution in [1.29, 1.82) is 0 Å². The lowest BCUT2D eigenvalue weighted by molar-refractivity contribution is -0.141. The Hall–Kier alpha value is -0.710. The normalized spacial score (nSPS) is 43.7. The minimum Gasteiger partial charge on any atom is -0.481 e. The lowest BCUT2D eigenvalue weighted by Gasteiger charge is -2.15. The van der Waals surface area contributed by atoms with Crippen LogP contribution in [0.15, 0.2) is 0 Å². The predicted molar refractivity (Wildman–Crippen MR) is 49.8 cm³/mol. The number of nitrogens with one attached hydrogen (secondary N) is 1. The van der Waals surface area contributed by atoms with Gasteiger partial charge in [-0.25, -0.2) is 8.78 Å². The van der Waals surface area contributed by atoms with Gasteiger partial charge in [0.2, 0.25) is 0 Å². The molecule has 0 bridgehead atoms. The Balaban J connectivity index is 2.23. The van der Waals surface area contributed by atoms with Crippen molar-refractivity contribution in [2.45, 2.75) is 25.7 Å². The van der Waals surface area contributed by atoms with Crippen molar-refractivity contribution in [3.63, 3.8) is 0 Å². The quantitative estimate of drug-likeness (QED) is 0.699. The maximum Gasteiger partial charge on any atom is 0.313 e. The first-order valence-electron chi connectivity index (χ1n) is 5.23. The second-order valence-electron chi connectivity index (χ2n) is 4.81. The molecule has 2 aliphatic rings. The predicted octanol–water partition coefficient (Wildman–Crippen LogP) is 1.34. The average Bonchev–Trinajstić information content (AvgIpc) is 2.63. The number of hydrogen-bond donors (Lipinski definition) is 2. The van der Waals surface area contributed by atoms with Crippen molar-refractivity contribution < 1.29 is 18.7 Å². The highest BCUT2D eigenvalue weighted by Crippen LogP contribution is 2.70. The molecule has 0 aromatic rings. The summed E-state index contributed by atoms with van der Waals surface area (Å²) in [6.45, 7) is 3.07. The van der Waals surface area contributed by atoms with E-state index in [1.165, 1.54) is 0 Å². The number of alkyl halides is 2. The van der Waals surface area contributed by atoms with Crippen LogP contribution in [0.3, 0.4) is 0 Å². The summed E-state index contributed by atoms with van der Waals surface area (Å²) in [5, 5.41) is 11.8. The van der Waals surface area contributed by atoms with Crippen molar-refractivity contribution in [1.82, 2.24) is 5.32 Å². The van der Waals surface area contributed by atoms with Gasteiger partial charge < -0.3 is 10.4 Å². The van der Waals surface area contributed by atoms with Crippen LogP contribution in [0.2, 0.25) is 0 Å². The second-order valence-corrected chi connectivity index (χ2v) is 4.81. The van der Waals surface area contributed by atoms with E-state index < -0.39 is 23.2 Å². The number of rotatable bonds is 1. The van der Waals surface area contributed by atoms with Crippen LogP contribution in [-0.4, -0.2) is 30.1 Å². The fraction of sp³-hybridized carbons (Fsp3) is 0.900. The molecule has 0 amide bonds. The molecule has 1 saturated heterocycles. The van der Waals surface area contributed by atoms with Gasteiger partial charge in [-0.15, -0.1) is 0 Å². The standard InChI is InChI=1S/C10H15F2NO2/c1-6-4-9(2-3-13-5-6)7(8(14)15)10(9,11)12/h6-7,13H,2-5H2,1H3,(H,14,15). The Labute approximate surface area is 86.8 Å². The maximum absolute atomic E-state index is 13.5. The second kappa shape index (κ2) is 3.14. The Bertz CT molecular complexity index is 295. The minimum absolute atomic E-state index is 0.114. The van der Waals surface area contributed by atoms with Crippen LogP contribution in [0.1, 0.15) is 19.8 Å². The van der Waals surface area contributed by atoms with Crippen LogP contribution in [0.5, 0.6) is 0 Å². The largest absolute Gasteiger partial charge is 0.481 e. The van der Waals surface area contributed by atoms with Gasteiger partial charge in [-0.3, -0.25) is 4.79 Å². The summed E-state index contributed by atoms with van der Waals surface area (Å²) >= 11 is 0. The molecule has 3 unspecified atom stereocenters. The third-order valence-electron chi connectivity index (χ3n) is 3.70. The molecule has 15 heavy (non-hydrogen) atoms. The zero-order valence-electron chi connectivity index (χ0n) is 8.59. The zero-order chi connectivity index (χ0) is 11.3. The smallest absolute Gasteiger partial charge is 0.313 e. The Kier molecular flexibility index (Phi) is 2.26. The lowest BCUT2D eigenvalue weighted by Crippen LogP contribution is -2.18. The molecular weight excluding hydrogens is 204 g/mol. The van der Waals surface area contributed by atoms with Gasteiger partial charge in [0.15, 0.2) is 0 Å². The zero-order valence-corrected chi connectivity index (χ0v) is 8.59. The molecule has 0 aromatic heterocycles. The van der Waals surface area contributed by atoms with Gasteiger partial charge in [0.05, 0.1) is 5.41 Å². The number of carboxylic acid groups (broad SMARTS) is 1. The van der Waals surface area contributed by atoms with Crippen LogP contribution in [0.4, 0.5) is 8.78 Å². The first kappa shape index (κ1) is 10.8. The molecule has 3 nitrogen and oxygen atoms in total. The molecule has 0 aromatic carbocycles. The molecular formula is C10H15F2NO2. The molecule has 1 aliphatic heterocycles. The fourth-order valence-corrected chi connectivity index (χ4v) is 2.92. The summed E-state index contributed by atoms with van der Waals surface area (Å²) in [4.78, 5) is 10.8. The third kappa shape index (κ3) is 1.36. The van der Waals surface area contributed by atoms with Gasteiger partial charge in [0.25, 0.3) is 5.92 Å². The van der Waals surface area contributed by atoms with Crippen LogP contribution in [0.25, 0.3) is 0 Å². The number of carbonyl (C=O) groups is 1. The summed E-state index contributed by atoms with van der Waals surface area (Å²) in [6.07, 6.45) is 0.575. The van der Waals surface area contributed by atoms with Crippen molar-refractivity contribution >= 4 is 5.97 Å². The van der Waals surface area contributed by atoms with E-state index in [9.17, 15) is 13.6 Å². The molecule has 2 N–H and O–H groups in total. The van der Waals surface area contributed by atoms with Crippen molar-refractivity contribution in [2.24, 2.45) is 17.3 Å². The van der Waals surface area contributed by atoms with Crippen LogP contribution in [-0.2, 0) is 4.79 Å². The van der Waals surface area contributed by atoms with Gasteiger partial charge in [-0.2, -0.15) is 0 Å². The number of aliphatic carboxylic acids is 1. The molecule has 3 atom stereocenters. The highest BCUT2D eigenvalue weighted by Gasteiger charge is 2.83. The molecule has 1 heterocycles. The first-order chi connectivity index (χ1) is 6.92. The topological polar surface area (TPSA) is 49.3 Å². The van der Waals surface area contributed by atoms with E-state index in [2.05, 4.69) is 5.32 Å². The number of halogens is 2. The molecule has 1 saturated carbocycles. The average molecular weight is 219 g/mol. The van der Waals surface area contributed by atoms with Crippen LogP contribution < -0.4 is 5.32 Å². The van der Waals surface area contributed by atoms with Crippen LogP contribution in [0, 0.1) is 17.3 Å². The fourth-order valence-electron chi connectivity index (χ4n) is 2.92. The van der Waals surface area contributed by atoms with E-state index in [1.807, 2.05) is 6.92 Å². The van der Waals surface area contributed by atoms with E-state index in [1.54, 1.807) is 0 Å². The van der Waals surface area contributed by atoms with E-state index in [-0.39, 0.29) is 12.3 Å². The third-order valence-corrected chi connectivity index (χ3v) is 3.70. The summed E-state index contributed by atoms with van der Waals surface area (Å²) in [7, 11) is 0. The van der Waals surface area contributed by atoms with E-state index in [0.29, 0.717) is 19.5 Å². The first-order valence-corrected chi connectivity index (χ1v) is 5.23. The van der Waals surface area contributed by atoms with E-state index in [0.717, 1.165) is 0 Å². The molecule has 0 radical (unpaired) electrons. The summed E-state index contributed by atoms with van der Waals surface area (Å²) in [5.41, 5.74) is -1.28. The number of hydrogen-bond acceptors (Lipinski definition) is 2. The van der Waals surface area contributed by atoms with Gasteiger partial charge in [0, 0.05) is 0 Å². The highest BCUT2D eigenvalue weighted by atomic mass is 19.3. The highest BCUT2D eigenvalue weighted by molar-refractivity contribution is 5.77. The molecule has 86 valence electrons. The lowest BCUT2D eigenvalue weighted by atomic mass is 9.89. The summed E-state index contributed by atoms with van der Waals surface area (Å²) in [5.74, 6) is -5.72. The van der Waals surface area contributed by atoms with E-state index in [4.69, 9.17) is 5.11 Å². The van der Waals surface area contributed by atoms with Gasteiger partial charge in [-0.05, 0) is 31.8 Å². The monoisotopic (exact) mass is 219 g/mol. The van der Waals surface area contributed by atoms with Gasteiger partial charge in [-0.1, -0.05) is 6.92 Å². The molecule has 1 aliphatic carbocycles. The van der Waals surface area contributed by atoms with Crippen LogP contribution >= 0.6 is 0 Å². The molecule has 5 heteroatoms. The minimum atomic E-state index is -3.01. The van der Waals surface area contributed by atoms with Gasteiger partial charge >= 0.3 is 5.97 Å².